The van der Waals surface area contributed by atoms with E-state index in [4.69, 9.17) is 10.9 Å². The van der Waals surface area contributed by atoms with Gasteiger partial charge in [0.15, 0.2) is 0 Å². The van der Waals surface area contributed by atoms with E-state index in [0.717, 1.165) is 18.2 Å². The maximum absolute atomic E-state index is 13.0. The highest BCUT2D eigenvalue weighted by molar-refractivity contribution is 5.80. The molecule has 1 rings (SSSR count). The molecule has 0 aliphatic carbocycles. The molecule has 0 bridgehead atoms. The highest BCUT2D eigenvalue weighted by Crippen LogP contribution is 2.14. The topological polar surface area (TPSA) is 70.6 Å². The highest BCUT2D eigenvalue weighted by atomic mass is 19.1. The van der Waals surface area contributed by atoms with Crippen LogP contribution < -0.4 is 11.1 Å². The lowest BCUT2D eigenvalue weighted by molar-refractivity contribution is 0.317. The number of amidine groups is 1. The van der Waals surface area contributed by atoms with Gasteiger partial charge in [0, 0.05) is 13.0 Å². The molecule has 0 saturated heterocycles. The third-order valence-corrected chi connectivity index (χ3v) is 1.75. The molecule has 0 aromatic heterocycles. The molecular weight excluding hydrogens is 204 g/mol. The van der Waals surface area contributed by atoms with Crippen molar-refractivity contribution in [2.24, 2.45) is 10.9 Å². The van der Waals surface area contributed by atoms with Crippen molar-refractivity contribution in [2.45, 2.75) is 6.42 Å². The lowest BCUT2D eigenvalue weighted by Crippen LogP contribution is -2.17. The first kappa shape index (κ1) is 11.2. The zero-order chi connectivity index (χ0) is 11.3. The molecule has 4 N–H and O–H groups in total. The van der Waals surface area contributed by atoms with Gasteiger partial charge < -0.3 is 16.3 Å². The molecule has 4 nitrogen and oxygen atoms in total. The molecule has 0 fully saturated rings. The summed E-state index contributed by atoms with van der Waals surface area (Å²) in [7, 11) is 0. The van der Waals surface area contributed by atoms with Gasteiger partial charge in [-0.05, 0) is 18.2 Å². The number of nitrogens with one attached hydrogen (secondary N) is 1. The number of nitrogens with two attached hydrogens (primary N) is 1. The number of halogens is 2. The fourth-order valence-corrected chi connectivity index (χ4v) is 1.01. The summed E-state index contributed by atoms with van der Waals surface area (Å²) < 4.78 is 25.7. The van der Waals surface area contributed by atoms with E-state index in [1.54, 1.807) is 0 Å². The summed E-state index contributed by atoms with van der Waals surface area (Å²) in [6, 6.07) is 3.10. The summed E-state index contributed by atoms with van der Waals surface area (Å²) in [5, 5.41) is 13.6. The van der Waals surface area contributed by atoms with Crippen LogP contribution in [0.2, 0.25) is 0 Å². The summed E-state index contributed by atoms with van der Waals surface area (Å²) in [6.07, 6.45) is 0.243. The lowest BCUT2D eigenvalue weighted by Gasteiger charge is -2.06. The van der Waals surface area contributed by atoms with E-state index in [1.807, 2.05) is 0 Å². The summed E-state index contributed by atoms with van der Waals surface area (Å²) in [5.74, 6) is -1.04. The number of rotatable bonds is 4. The van der Waals surface area contributed by atoms with Crippen molar-refractivity contribution in [3.8, 4) is 0 Å². The largest absolute Gasteiger partial charge is 0.409 e. The molecule has 15 heavy (non-hydrogen) atoms. The highest BCUT2D eigenvalue weighted by Gasteiger charge is 2.02. The van der Waals surface area contributed by atoms with Gasteiger partial charge >= 0.3 is 0 Å². The minimum absolute atomic E-state index is 0.0271. The second kappa shape index (κ2) is 5.14. The van der Waals surface area contributed by atoms with Crippen LogP contribution in [0.25, 0.3) is 0 Å². The van der Waals surface area contributed by atoms with Crippen molar-refractivity contribution < 1.29 is 14.0 Å². The molecule has 0 radical (unpaired) electrons. The number of benzene rings is 1. The van der Waals surface area contributed by atoms with Gasteiger partial charge in [-0.15, -0.1) is 0 Å². The minimum Gasteiger partial charge on any atom is -0.409 e. The monoisotopic (exact) mass is 215 g/mol. The van der Waals surface area contributed by atoms with Crippen LogP contribution in [0.4, 0.5) is 14.5 Å². The Morgan fingerprint density at radius 3 is 2.87 bits per heavy atom. The number of anilines is 1. The van der Waals surface area contributed by atoms with Crippen LogP contribution in [0.15, 0.2) is 23.4 Å². The van der Waals surface area contributed by atoms with Crippen LogP contribution in [0, 0.1) is 11.6 Å². The fourth-order valence-electron chi connectivity index (χ4n) is 1.01. The Morgan fingerprint density at radius 1 is 1.47 bits per heavy atom. The van der Waals surface area contributed by atoms with Gasteiger partial charge in [0.1, 0.15) is 17.5 Å². The summed E-state index contributed by atoms with van der Waals surface area (Å²) in [4.78, 5) is 0. The molecule has 0 saturated carbocycles. The number of nitrogens with zero attached hydrogens (tertiary/aromatic N) is 1. The molecule has 0 unspecified atom stereocenters. The molecule has 0 aliphatic heterocycles. The maximum Gasteiger partial charge on any atom is 0.146 e. The van der Waals surface area contributed by atoms with Crippen molar-refractivity contribution in [1.82, 2.24) is 0 Å². The van der Waals surface area contributed by atoms with Gasteiger partial charge in [0.25, 0.3) is 0 Å². The van der Waals surface area contributed by atoms with Crippen molar-refractivity contribution in [3.63, 3.8) is 0 Å². The molecule has 0 atom stereocenters. The second-order valence-corrected chi connectivity index (χ2v) is 2.89. The predicted molar refractivity (Wildman–Crippen MR) is 52.9 cm³/mol. The lowest BCUT2D eigenvalue weighted by atomic mass is 10.3. The fraction of sp³-hybridized carbons (Fsp3) is 0.222. The van der Waals surface area contributed by atoms with E-state index >= 15 is 0 Å². The predicted octanol–water partition coefficient (Wildman–Crippen LogP) is 1.51. The van der Waals surface area contributed by atoms with E-state index in [-0.39, 0.29) is 24.5 Å². The zero-order valence-electron chi connectivity index (χ0n) is 7.87. The van der Waals surface area contributed by atoms with E-state index in [9.17, 15) is 8.78 Å². The molecule has 1 aromatic rings. The average molecular weight is 215 g/mol. The van der Waals surface area contributed by atoms with Crippen molar-refractivity contribution in [1.29, 1.82) is 0 Å². The van der Waals surface area contributed by atoms with Crippen LogP contribution in [0.5, 0.6) is 0 Å². The van der Waals surface area contributed by atoms with Crippen LogP contribution in [0.3, 0.4) is 0 Å². The molecule has 0 aliphatic rings. The van der Waals surface area contributed by atoms with Crippen LogP contribution in [-0.2, 0) is 0 Å². The molecule has 1 aromatic carbocycles. The first-order valence-corrected chi connectivity index (χ1v) is 4.29. The number of hydrogen-bond donors (Lipinski definition) is 3. The van der Waals surface area contributed by atoms with E-state index in [2.05, 4.69) is 10.5 Å². The Balaban J connectivity index is 2.54. The summed E-state index contributed by atoms with van der Waals surface area (Å²) in [6.45, 7) is 0.260. The molecule has 6 heteroatoms. The van der Waals surface area contributed by atoms with Gasteiger partial charge in [0.2, 0.25) is 0 Å². The number of hydrogen-bond acceptors (Lipinski definition) is 3. The average Bonchev–Trinajstić information content (AvgIpc) is 2.23. The molecule has 0 amide bonds. The Kier molecular flexibility index (Phi) is 3.84. The molecular formula is C9H11F2N3O. The maximum atomic E-state index is 13.0. The second-order valence-electron chi connectivity index (χ2n) is 2.89. The normalized spacial score (nSPS) is 11.5. The van der Waals surface area contributed by atoms with Crippen molar-refractivity contribution in [3.05, 3.63) is 29.8 Å². The van der Waals surface area contributed by atoms with Crippen LogP contribution in [-0.4, -0.2) is 17.6 Å². The first-order chi connectivity index (χ1) is 7.13. The van der Waals surface area contributed by atoms with Gasteiger partial charge in [-0.3, -0.25) is 0 Å². The van der Waals surface area contributed by atoms with Crippen LogP contribution in [0.1, 0.15) is 6.42 Å². The van der Waals surface area contributed by atoms with Gasteiger partial charge in [-0.2, -0.15) is 0 Å². The molecule has 0 heterocycles. The Labute approximate surface area is 85.4 Å². The van der Waals surface area contributed by atoms with E-state index in [1.165, 1.54) is 0 Å². The number of oxime groups is 1. The van der Waals surface area contributed by atoms with Gasteiger partial charge in [-0.1, -0.05) is 5.16 Å². The van der Waals surface area contributed by atoms with E-state index in [0.29, 0.717) is 0 Å². The van der Waals surface area contributed by atoms with E-state index < -0.39 is 11.6 Å². The third kappa shape index (κ3) is 3.41. The van der Waals surface area contributed by atoms with Crippen LogP contribution >= 0.6 is 0 Å². The van der Waals surface area contributed by atoms with Gasteiger partial charge in [-0.25, -0.2) is 8.78 Å². The standard InChI is InChI=1S/C9H11F2N3O/c10-6-1-2-7(11)8(5-6)13-4-3-9(12)14-15/h1-2,5,13,15H,3-4H2,(H2,12,14). The first-order valence-electron chi connectivity index (χ1n) is 4.29. The molecule has 0 spiro atoms. The van der Waals surface area contributed by atoms with Gasteiger partial charge in [0.05, 0.1) is 5.69 Å². The van der Waals surface area contributed by atoms with Crippen molar-refractivity contribution >= 4 is 11.5 Å². The summed E-state index contributed by atoms with van der Waals surface area (Å²) >= 11 is 0. The third-order valence-electron chi connectivity index (χ3n) is 1.75. The Hall–Kier alpha value is -1.85. The summed E-state index contributed by atoms with van der Waals surface area (Å²) in [5.41, 5.74) is 5.25. The van der Waals surface area contributed by atoms with Crippen molar-refractivity contribution in [2.75, 3.05) is 11.9 Å². The SMILES string of the molecule is NC(CCNc1cc(F)ccc1F)=NO. The zero-order valence-corrected chi connectivity index (χ0v) is 7.87. The minimum atomic E-state index is -0.545. The quantitative estimate of drug-likeness (QED) is 0.308. The smallest absolute Gasteiger partial charge is 0.146 e. The Bertz CT molecular complexity index is 368. The molecule has 82 valence electrons. The Morgan fingerprint density at radius 2 is 2.20 bits per heavy atom.